The van der Waals surface area contributed by atoms with Crippen molar-refractivity contribution >= 4 is 0 Å². The Bertz CT molecular complexity index is 781. The molecule has 0 bridgehead atoms. The highest BCUT2D eigenvalue weighted by Gasteiger charge is 2.08. The summed E-state index contributed by atoms with van der Waals surface area (Å²) >= 11 is 0. The van der Waals surface area contributed by atoms with E-state index in [1.807, 2.05) is 0 Å². The van der Waals surface area contributed by atoms with Crippen LogP contribution in [0.1, 0.15) is 72.9 Å². The second-order valence-corrected chi connectivity index (χ2v) is 7.07. The molecule has 0 saturated carbocycles. The normalized spacial score (nSPS) is 9.92. The molecule has 0 aromatic heterocycles. The Morgan fingerprint density at radius 1 is 0.577 bits per heavy atom. The fourth-order valence-electron chi connectivity index (χ4n) is 3.21. The Balaban J connectivity index is 2.44. The van der Waals surface area contributed by atoms with Crippen molar-refractivity contribution in [3.63, 3.8) is 0 Å². The van der Waals surface area contributed by atoms with Gasteiger partial charge < -0.3 is 0 Å². The molecule has 0 radical (unpaired) electrons. The first-order valence-corrected chi connectivity index (χ1v) is 9.68. The highest BCUT2D eigenvalue weighted by molar-refractivity contribution is 5.71. The largest absolute Gasteiger partial charge is 0.0979 e. The molecule has 0 heteroatoms. The molecule has 2 aromatic rings. The number of hydrogen-bond acceptors (Lipinski definition) is 0. The minimum Gasteiger partial charge on any atom is -0.0979 e. The first kappa shape index (κ1) is 19.9. The van der Waals surface area contributed by atoms with Crippen LogP contribution in [0, 0.1) is 51.4 Å². The monoisotopic (exact) mass is 342 g/mol. The molecule has 0 unspecified atom stereocenters. The van der Waals surface area contributed by atoms with Crippen molar-refractivity contribution in [3.05, 3.63) is 57.6 Å². The maximum absolute atomic E-state index is 3.35. The lowest BCUT2D eigenvalue weighted by Crippen LogP contribution is -1.93. The van der Waals surface area contributed by atoms with Gasteiger partial charge >= 0.3 is 0 Å². The summed E-state index contributed by atoms with van der Waals surface area (Å²) in [6, 6.07) is 9.05. The van der Waals surface area contributed by atoms with Gasteiger partial charge in [-0.15, -0.1) is 0 Å². The van der Waals surface area contributed by atoms with Crippen molar-refractivity contribution in [3.8, 4) is 34.8 Å². The first-order valence-electron chi connectivity index (χ1n) is 9.68. The van der Waals surface area contributed by atoms with Gasteiger partial charge in [0.1, 0.15) is 0 Å². The van der Waals surface area contributed by atoms with E-state index in [2.05, 4.69) is 89.5 Å². The maximum Gasteiger partial charge on any atom is 0.0304 e. The second-order valence-electron chi connectivity index (χ2n) is 7.07. The van der Waals surface area contributed by atoms with Crippen LogP contribution in [0.2, 0.25) is 0 Å². The first-order chi connectivity index (χ1) is 12.5. The Morgan fingerprint density at radius 2 is 0.885 bits per heavy atom. The van der Waals surface area contributed by atoms with Crippen LogP contribution in [0.15, 0.2) is 24.3 Å². The molecule has 0 N–H and O–H groups in total. The summed E-state index contributed by atoms with van der Waals surface area (Å²) in [5.41, 5.74) is 9.91. The third-order valence-corrected chi connectivity index (χ3v) is 4.58. The Hall–Kier alpha value is -2.44. The van der Waals surface area contributed by atoms with Crippen molar-refractivity contribution in [2.45, 2.75) is 67.2 Å². The highest BCUT2D eigenvalue weighted by atomic mass is 14.1. The Kier molecular flexibility index (Phi) is 7.12. The van der Waals surface area contributed by atoms with E-state index < -0.39 is 0 Å². The molecule has 0 aliphatic heterocycles. The van der Waals surface area contributed by atoms with Gasteiger partial charge in [0, 0.05) is 24.0 Å². The number of benzene rings is 2. The van der Waals surface area contributed by atoms with Gasteiger partial charge in [-0.3, -0.25) is 0 Å². The number of rotatable bonds is 3. The van der Waals surface area contributed by atoms with Gasteiger partial charge in [0.25, 0.3) is 0 Å². The molecule has 0 atom stereocenters. The quantitative estimate of drug-likeness (QED) is 0.533. The molecule has 0 spiro atoms. The van der Waals surface area contributed by atoms with Crippen LogP contribution >= 0.6 is 0 Å². The predicted octanol–water partition coefficient (Wildman–Crippen LogP) is 6.89. The minimum atomic E-state index is 0.958. The lowest BCUT2D eigenvalue weighted by molar-refractivity contribution is 0.983. The summed E-state index contributed by atoms with van der Waals surface area (Å²) in [4.78, 5) is 0. The summed E-state index contributed by atoms with van der Waals surface area (Å²) in [5, 5.41) is 0. The van der Waals surface area contributed by atoms with Crippen molar-refractivity contribution in [1.29, 1.82) is 0 Å². The summed E-state index contributed by atoms with van der Waals surface area (Å²) in [7, 11) is 0. The zero-order valence-corrected chi connectivity index (χ0v) is 17.1. The molecule has 0 heterocycles. The summed E-state index contributed by atoms with van der Waals surface area (Å²) in [6.07, 6.45) is 4.13. The van der Waals surface area contributed by atoms with Crippen LogP contribution in [0.4, 0.5) is 0 Å². The highest BCUT2D eigenvalue weighted by Crippen LogP contribution is 2.28. The van der Waals surface area contributed by atoms with Gasteiger partial charge in [0.15, 0.2) is 0 Å². The third-order valence-electron chi connectivity index (χ3n) is 4.58. The van der Waals surface area contributed by atoms with E-state index in [1.54, 1.807) is 0 Å². The standard InChI is InChI=1S/C26H30/c1-7-9-11-13-25-19(3)15-23(16-20(25)4)24-17-21(5)26(22(6)18-24)14-12-10-8-2/h15-18H,7-10H2,1-6H3. The average molecular weight is 343 g/mol. The molecule has 0 amide bonds. The van der Waals surface area contributed by atoms with E-state index in [0.717, 1.165) is 25.7 Å². The van der Waals surface area contributed by atoms with Crippen LogP contribution in [-0.4, -0.2) is 0 Å². The van der Waals surface area contributed by atoms with E-state index in [9.17, 15) is 0 Å². The fraction of sp³-hybridized carbons (Fsp3) is 0.385. The lowest BCUT2D eigenvalue weighted by Gasteiger charge is -2.12. The topological polar surface area (TPSA) is 0 Å². The van der Waals surface area contributed by atoms with Crippen LogP contribution in [0.25, 0.3) is 11.1 Å². The molecule has 0 fully saturated rings. The van der Waals surface area contributed by atoms with Crippen molar-refractivity contribution in [2.75, 3.05) is 0 Å². The maximum atomic E-state index is 3.35. The number of unbranched alkanes of at least 4 members (excludes halogenated alkanes) is 2. The van der Waals surface area contributed by atoms with Crippen LogP contribution in [-0.2, 0) is 0 Å². The molecule has 0 aliphatic carbocycles. The van der Waals surface area contributed by atoms with Gasteiger partial charge in [-0.25, -0.2) is 0 Å². The molecule has 0 saturated heterocycles. The van der Waals surface area contributed by atoms with Gasteiger partial charge in [-0.05, 0) is 73.9 Å². The molecule has 0 nitrogen and oxygen atoms in total. The van der Waals surface area contributed by atoms with Crippen molar-refractivity contribution < 1.29 is 0 Å². The average Bonchev–Trinajstić information content (AvgIpc) is 2.59. The van der Waals surface area contributed by atoms with Crippen LogP contribution in [0.5, 0.6) is 0 Å². The van der Waals surface area contributed by atoms with E-state index >= 15 is 0 Å². The zero-order chi connectivity index (χ0) is 19.1. The van der Waals surface area contributed by atoms with Gasteiger partial charge in [0.05, 0.1) is 0 Å². The summed E-state index contributed by atoms with van der Waals surface area (Å²) in [5.74, 6) is 13.3. The van der Waals surface area contributed by atoms with E-state index in [-0.39, 0.29) is 0 Å². The summed E-state index contributed by atoms with van der Waals surface area (Å²) in [6.45, 7) is 13.0. The smallest absolute Gasteiger partial charge is 0.0304 e. The van der Waals surface area contributed by atoms with Crippen molar-refractivity contribution in [2.24, 2.45) is 0 Å². The predicted molar refractivity (Wildman–Crippen MR) is 114 cm³/mol. The van der Waals surface area contributed by atoms with E-state index in [4.69, 9.17) is 0 Å². The van der Waals surface area contributed by atoms with Gasteiger partial charge in [-0.1, -0.05) is 61.8 Å². The Labute approximate surface area is 160 Å². The lowest BCUT2D eigenvalue weighted by atomic mass is 9.92. The number of hydrogen-bond donors (Lipinski definition) is 0. The fourth-order valence-corrected chi connectivity index (χ4v) is 3.21. The van der Waals surface area contributed by atoms with Crippen molar-refractivity contribution in [1.82, 2.24) is 0 Å². The van der Waals surface area contributed by atoms with Crippen LogP contribution in [0.3, 0.4) is 0 Å². The third kappa shape index (κ3) is 4.80. The molecule has 0 aliphatic rings. The minimum absolute atomic E-state index is 0.958. The molecule has 2 aromatic carbocycles. The zero-order valence-electron chi connectivity index (χ0n) is 17.1. The van der Waals surface area contributed by atoms with E-state index in [0.29, 0.717) is 0 Å². The SMILES string of the molecule is CCCC#Cc1c(C)cc(-c2cc(C)c(C#CCCC)c(C)c2)cc1C. The molecule has 134 valence electrons. The molecular weight excluding hydrogens is 312 g/mol. The Morgan fingerprint density at radius 3 is 1.15 bits per heavy atom. The van der Waals surface area contributed by atoms with Gasteiger partial charge in [0.2, 0.25) is 0 Å². The molecule has 26 heavy (non-hydrogen) atoms. The number of aryl methyl sites for hydroxylation is 4. The molecular formula is C26H30. The summed E-state index contributed by atoms with van der Waals surface area (Å²) < 4.78 is 0. The van der Waals surface area contributed by atoms with Gasteiger partial charge in [-0.2, -0.15) is 0 Å². The van der Waals surface area contributed by atoms with E-state index in [1.165, 1.54) is 44.5 Å². The second kappa shape index (κ2) is 9.31. The van der Waals surface area contributed by atoms with Crippen LogP contribution < -0.4 is 0 Å². The molecule has 2 rings (SSSR count).